The Hall–Kier alpha value is -2.48. The second kappa shape index (κ2) is 9.41. The van der Waals surface area contributed by atoms with Gasteiger partial charge >= 0.3 is 0 Å². The number of amides is 1. The van der Waals surface area contributed by atoms with Crippen molar-refractivity contribution in [2.24, 2.45) is 5.73 Å². The van der Waals surface area contributed by atoms with Crippen LogP contribution < -0.4 is 10.6 Å². The number of pyridine rings is 1. The van der Waals surface area contributed by atoms with Crippen LogP contribution in [0, 0.1) is 0 Å². The highest BCUT2D eigenvalue weighted by atomic mass is 32.2. The highest BCUT2D eigenvalue weighted by Crippen LogP contribution is 2.24. The fourth-order valence-corrected chi connectivity index (χ4v) is 6.97. The van der Waals surface area contributed by atoms with Gasteiger partial charge in [-0.2, -0.15) is 8.61 Å². The number of sulfonamides is 2. The maximum Gasteiger partial charge on any atom is 0.284 e. The van der Waals surface area contributed by atoms with Gasteiger partial charge in [-0.1, -0.05) is 0 Å². The predicted molar refractivity (Wildman–Crippen MR) is 122 cm³/mol. The normalized spacial score (nSPS) is 16.2. The molecule has 33 heavy (non-hydrogen) atoms. The number of hydrogen-bond donors (Lipinski definition) is 1. The first-order valence-corrected chi connectivity index (χ1v) is 13.4. The maximum atomic E-state index is 13.0. The Labute approximate surface area is 194 Å². The van der Waals surface area contributed by atoms with Gasteiger partial charge in [0, 0.05) is 44.5 Å². The molecule has 0 aliphatic carbocycles. The number of carbonyl (C=O) groups excluding carboxylic acids is 1. The molecule has 0 radical (unpaired) electrons. The van der Waals surface area contributed by atoms with Crippen LogP contribution in [0.1, 0.15) is 38.2 Å². The van der Waals surface area contributed by atoms with Crippen LogP contribution in [-0.4, -0.2) is 74.6 Å². The lowest BCUT2D eigenvalue weighted by Gasteiger charge is -2.34. The lowest BCUT2D eigenvalue weighted by Crippen LogP contribution is -2.48. The Bertz CT molecular complexity index is 1190. The van der Waals surface area contributed by atoms with Crippen molar-refractivity contribution in [3.05, 3.63) is 36.2 Å². The summed E-state index contributed by atoms with van der Waals surface area (Å²) in [6.45, 7) is 8.34. The van der Waals surface area contributed by atoms with E-state index in [1.165, 1.54) is 33.0 Å². The molecule has 2 aromatic rings. The van der Waals surface area contributed by atoms with Gasteiger partial charge in [0.25, 0.3) is 15.9 Å². The summed E-state index contributed by atoms with van der Waals surface area (Å²) in [6.07, 6.45) is 1.33. The summed E-state index contributed by atoms with van der Waals surface area (Å²) in [4.78, 5) is 17.5. The Balaban J connectivity index is 1.70. The molecule has 0 atom stereocenters. The van der Waals surface area contributed by atoms with Crippen molar-refractivity contribution in [1.82, 2.24) is 13.6 Å². The zero-order chi connectivity index (χ0) is 24.6. The Morgan fingerprint density at radius 1 is 1.00 bits per heavy atom. The Morgan fingerprint density at radius 3 is 2.06 bits per heavy atom. The lowest BCUT2D eigenvalue weighted by atomic mass is 10.3. The number of primary amides is 1. The highest BCUT2D eigenvalue weighted by Gasteiger charge is 2.33. The first-order chi connectivity index (χ1) is 15.4. The number of rotatable bonds is 8. The predicted octanol–water partition coefficient (Wildman–Crippen LogP) is 1.09. The van der Waals surface area contributed by atoms with E-state index in [2.05, 4.69) is 4.98 Å². The van der Waals surface area contributed by atoms with Crippen molar-refractivity contribution < 1.29 is 26.0 Å². The van der Waals surface area contributed by atoms with Gasteiger partial charge in [0.1, 0.15) is 10.7 Å². The van der Waals surface area contributed by atoms with Crippen LogP contribution in [0.3, 0.4) is 0 Å². The van der Waals surface area contributed by atoms with Gasteiger partial charge in [0.05, 0.1) is 0 Å². The molecule has 1 aliphatic rings. The molecule has 3 rings (SSSR count). The topological polar surface area (TPSA) is 147 Å². The van der Waals surface area contributed by atoms with Gasteiger partial charge in [-0.25, -0.2) is 21.8 Å². The van der Waals surface area contributed by atoms with Crippen molar-refractivity contribution in [1.29, 1.82) is 0 Å². The third-order valence-corrected chi connectivity index (χ3v) is 9.30. The number of carbonyl (C=O) groups is 1. The van der Waals surface area contributed by atoms with Gasteiger partial charge in [-0.05, 0) is 52.0 Å². The van der Waals surface area contributed by atoms with Crippen LogP contribution >= 0.6 is 0 Å². The molecule has 2 aromatic heterocycles. The molecule has 0 unspecified atom stereocenters. The van der Waals surface area contributed by atoms with Crippen LogP contribution in [0.25, 0.3) is 0 Å². The van der Waals surface area contributed by atoms with E-state index in [-0.39, 0.29) is 40.9 Å². The third-order valence-electron chi connectivity index (χ3n) is 5.30. The molecular weight excluding hydrogens is 470 g/mol. The van der Waals surface area contributed by atoms with Crippen molar-refractivity contribution in [2.45, 2.75) is 49.8 Å². The lowest BCUT2D eigenvalue weighted by molar-refractivity contribution is 0.0968. The smallest absolute Gasteiger partial charge is 0.284 e. The summed E-state index contributed by atoms with van der Waals surface area (Å²) >= 11 is 0. The number of nitrogens with two attached hydrogens (primary N) is 1. The van der Waals surface area contributed by atoms with E-state index in [1.807, 2.05) is 32.6 Å². The fourth-order valence-electron chi connectivity index (χ4n) is 3.86. The van der Waals surface area contributed by atoms with Gasteiger partial charge in [0.15, 0.2) is 5.76 Å². The van der Waals surface area contributed by atoms with E-state index in [0.29, 0.717) is 18.9 Å². The largest absolute Gasteiger partial charge is 0.438 e. The quantitative estimate of drug-likeness (QED) is 0.568. The maximum absolute atomic E-state index is 13.0. The first-order valence-electron chi connectivity index (χ1n) is 10.5. The number of nitrogens with zero attached hydrogens (tertiary/aromatic N) is 4. The third kappa shape index (κ3) is 5.05. The summed E-state index contributed by atoms with van der Waals surface area (Å²) < 4.78 is 59.3. The minimum absolute atomic E-state index is 0.109. The van der Waals surface area contributed by atoms with Crippen molar-refractivity contribution >= 4 is 31.8 Å². The van der Waals surface area contributed by atoms with Gasteiger partial charge in [-0.3, -0.25) is 4.79 Å². The average molecular weight is 500 g/mol. The van der Waals surface area contributed by atoms with Crippen molar-refractivity contribution in [3.8, 4) is 0 Å². The molecule has 1 saturated heterocycles. The van der Waals surface area contributed by atoms with Crippen molar-refractivity contribution in [2.75, 3.05) is 31.1 Å². The minimum atomic E-state index is -3.91. The van der Waals surface area contributed by atoms with E-state index < -0.39 is 26.0 Å². The molecular formula is C20H29N5O6S2. The van der Waals surface area contributed by atoms with Crippen LogP contribution in [0.2, 0.25) is 0 Å². The van der Waals surface area contributed by atoms with E-state index in [0.717, 1.165) is 0 Å². The zero-order valence-corrected chi connectivity index (χ0v) is 20.6. The van der Waals surface area contributed by atoms with E-state index in [9.17, 15) is 21.6 Å². The first kappa shape index (κ1) is 25.1. The number of furan rings is 1. The van der Waals surface area contributed by atoms with E-state index in [1.54, 1.807) is 6.07 Å². The summed E-state index contributed by atoms with van der Waals surface area (Å²) in [5.74, 6) is -0.511. The van der Waals surface area contributed by atoms with Crippen LogP contribution in [0.5, 0.6) is 0 Å². The molecule has 2 N–H and O–H groups in total. The molecule has 1 aliphatic heterocycles. The molecule has 182 valence electrons. The van der Waals surface area contributed by atoms with Crippen LogP contribution in [0.15, 0.2) is 44.9 Å². The molecule has 13 heteroatoms. The monoisotopic (exact) mass is 499 g/mol. The number of anilines is 1. The molecule has 11 nitrogen and oxygen atoms in total. The summed E-state index contributed by atoms with van der Waals surface area (Å²) in [7, 11) is -7.59. The summed E-state index contributed by atoms with van der Waals surface area (Å²) in [5.41, 5.74) is 5.12. The second-order valence-corrected chi connectivity index (χ2v) is 12.0. The highest BCUT2D eigenvalue weighted by molar-refractivity contribution is 7.89. The number of hydrogen-bond acceptors (Lipinski definition) is 8. The molecule has 1 amide bonds. The second-order valence-electron chi connectivity index (χ2n) is 8.25. The Kier molecular flexibility index (Phi) is 7.17. The van der Waals surface area contributed by atoms with Gasteiger partial charge in [-0.15, -0.1) is 0 Å². The average Bonchev–Trinajstić information content (AvgIpc) is 3.25. The molecule has 0 saturated carbocycles. The summed E-state index contributed by atoms with van der Waals surface area (Å²) in [6, 6.07) is 5.19. The Morgan fingerprint density at radius 2 is 1.61 bits per heavy atom. The molecule has 3 heterocycles. The van der Waals surface area contributed by atoms with E-state index >= 15 is 0 Å². The number of piperazine rings is 1. The van der Waals surface area contributed by atoms with Crippen LogP contribution in [0.4, 0.5) is 5.82 Å². The van der Waals surface area contributed by atoms with Gasteiger partial charge in [0.2, 0.25) is 15.1 Å². The fraction of sp³-hybridized carbons (Fsp3) is 0.500. The molecule has 0 aromatic carbocycles. The van der Waals surface area contributed by atoms with Gasteiger partial charge < -0.3 is 15.1 Å². The van der Waals surface area contributed by atoms with E-state index in [4.69, 9.17) is 10.2 Å². The van der Waals surface area contributed by atoms with Crippen molar-refractivity contribution in [3.63, 3.8) is 0 Å². The molecule has 1 fully saturated rings. The standard InChI is InChI=1S/C20H29N5O6S2/c1-14(2)25(15(3)4)32(27,28)16-5-7-18(22-13-16)23-9-11-24(12-10-23)33(29,30)19-8-6-17(31-19)20(21)26/h5-8,13-15H,9-12H2,1-4H3,(H2,21,26). The molecule has 0 bridgehead atoms. The van der Waals surface area contributed by atoms with Crippen LogP contribution in [-0.2, 0) is 20.0 Å². The number of aromatic nitrogens is 1. The SMILES string of the molecule is CC(C)N(C(C)C)S(=O)(=O)c1ccc(N2CCN(S(=O)(=O)c3ccc(C(N)=O)o3)CC2)nc1. The summed E-state index contributed by atoms with van der Waals surface area (Å²) in [5, 5.41) is -0.336. The minimum Gasteiger partial charge on any atom is -0.438 e. The molecule has 0 spiro atoms. The zero-order valence-electron chi connectivity index (χ0n) is 19.0.